The normalized spacial score (nSPS) is 16.8. The van der Waals surface area contributed by atoms with Gasteiger partial charge in [0.15, 0.2) is 0 Å². The van der Waals surface area contributed by atoms with Gasteiger partial charge in [0.2, 0.25) is 0 Å². The number of ether oxygens (including phenoxy) is 2. The molecular formula is C9H14F2O3. The fourth-order valence-corrected chi connectivity index (χ4v) is 1.03. The van der Waals surface area contributed by atoms with Gasteiger partial charge < -0.3 is 9.47 Å². The number of halogens is 2. The van der Waals surface area contributed by atoms with E-state index in [0.29, 0.717) is 12.3 Å². The monoisotopic (exact) mass is 208 g/mol. The minimum Gasteiger partial charge on any atom is -0.460 e. The first-order valence-electron chi connectivity index (χ1n) is 4.75. The summed E-state index contributed by atoms with van der Waals surface area (Å²) in [5.74, 6) is -1.09. The molecule has 1 fully saturated rings. The summed E-state index contributed by atoms with van der Waals surface area (Å²) in [5.41, 5.74) is 0. The summed E-state index contributed by atoms with van der Waals surface area (Å²) >= 11 is 0. The third-order valence-corrected chi connectivity index (χ3v) is 2.02. The lowest BCUT2D eigenvalue weighted by molar-refractivity contribution is -0.250. The van der Waals surface area contributed by atoms with Crippen LogP contribution in [0.25, 0.3) is 0 Å². The Morgan fingerprint density at radius 1 is 1.50 bits per heavy atom. The lowest BCUT2D eigenvalue weighted by Gasteiger charge is -2.14. The molecule has 0 aromatic rings. The number of hydrogen-bond acceptors (Lipinski definition) is 3. The molecule has 0 aromatic heterocycles. The van der Waals surface area contributed by atoms with Crippen molar-refractivity contribution < 1.29 is 23.0 Å². The van der Waals surface area contributed by atoms with Gasteiger partial charge in [-0.1, -0.05) is 12.8 Å². The SMILES string of the molecule is CCOC(=O)C(F)(F)OCCC1CC1. The first-order valence-corrected chi connectivity index (χ1v) is 4.75. The van der Waals surface area contributed by atoms with Crippen molar-refractivity contribution in [2.24, 2.45) is 5.92 Å². The van der Waals surface area contributed by atoms with Crippen LogP contribution in [0.15, 0.2) is 0 Å². The largest absolute Gasteiger partial charge is 0.460 e. The van der Waals surface area contributed by atoms with Crippen LogP contribution in [-0.4, -0.2) is 25.3 Å². The van der Waals surface area contributed by atoms with Gasteiger partial charge in [-0.25, -0.2) is 4.79 Å². The fourth-order valence-electron chi connectivity index (χ4n) is 1.03. The van der Waals surface area contributed by atoms with Crippen LogP contribution in [-0.2, 0) is 14.3 Å². The molecule has 0 bridgehead atoms. The summed E-state index contributed by atoms with van der Waals surface area (Å²) in [6.07, 6.45) is -1.04. The van der Waals surface area contributed by atoms with E-state index in [0.717, 1.165) is 12.8 Å². The number of carbonyl (C=O) groups excluding carboxylic acids is 1. The average Bonchev–Trinajstić information content (AvgIpc) is 2.88. The minimum absolute atomic E-state index is 0.0690. The molecule has 0 radical (unpaired) electrons. The van der Waals surface area contributed by atoms with E-state index in [9.17, 15) is 13.6 Å². The van der Waals surface area contributed by atoms with Crippen LogP contribution in [0.5, 0.6) is 0 Å². The highest BCUT2D eigenvalue weighted by Gasteiger charge is 2.42. The first kappa shape index (κ1) is 11.4. The van der Waals surface area contributed by atoms with Crippen LogP contribution < -0.4 is 0 Å². The zero-order valence-corrected chi connectivity index (χ0v) is 8.09. The summed E-state index contributed by atoms with van der Waals surface area (Å²) in [4.78, 5) is 10.7. The Balaban J connectivity index is 2.20. The molecular weight excluding hydrogens is 194 g/mol. The molecule has 1 aliphatic carbocycles. The molecule has 0 unspecified atom stereocenters. The van der Waals surface area contributed by atoms with Crippen molar-refractivity contribution in [2.75, 3.05) is 13.2 Å². The van der Waals surface area contributed by atoms with Crippen molar-refractivity contribution >= 4 is 5.97 Å². The molecule has 3 nitrogen and oxygen atoms in total. The second-order valence-corrected chi connectivity index (χ2v) is 3.32. The van der Waals surface area contributed by atoms with E-state index >= 15 is 0 Å². The van der Waals surface area contributed by atoms with E-state index in [1.165, 1.54) is 6.92 Å². The number of esters is 1. The van der Waals surface area contributed by atoms with E-state index in [1.54, 1.807) is 0 Å². The molecule has 0 amide bonds. The topological polar surface area (TPSA) is 35.5 Å². The second-order valence-electron chi connectivity index (χ2n) is 3.32. The molecule has 0 atom stereocenters. The van der Waals surface area contributed by atoms with Crippen molar-refractivity contribution in [3.8, 4) is 0 Å². The van der Waals surface area contributed by atoms with Crippen LogP contribution >= 0.6 is 0 Å². The third kappa shape index (κ3) is 3.57. The van der Waals surface area contributed by atoms with Crippen LogP contribution in [0.2, 0.25) is 0 Å². The molecule has 5 heteroatoms. The standard InChI is InChI=1S/C9H14F2O3/c1-2-13-8(12)9(10,11)14-6-5-7-3-4-7/h7H,2-6H2,1H3. The maximum atomic E-state index is 12.8. The predicted octanol–water partition coefficient (Wildman–Crippen LogP) is 1.96. The zero-order chi connectivity index (χ0) is 10.6. The first-order chi connectivity index (χ1) is 6.56. The molecule has 0 aromatic carbocycles. The maximum Gasteiger partial charge on any atom is 0.456 e. The van der Waals surface area contributed by atoms with Gasteiger partial charge in [0.25, 0.3) is 0 Å². The zero-order valence-electron chi connectivity index (χ0n) is 8.09. The third-order valence-electron chi connectivity index (χ3n) is 2.02. The summed E-state index contributed by atoms with van der Waals surface area (Å²) in [6.45, 7) is 1.31. The van der Waals surface area contributed by atoms with Crippen molar-refractivity contribution in [3.63, 3.8) is 0 Å². The van der Waals surface area contributed by atoms with Crippen molar-refractivity contribution in [3.05, 3.63) is 0 Å². The predicted molar refractivity (Wildman–Crippen MR) is 44.9 cm³/mol. The molecule has 1 rings (SSSR count). The van der Waals surface area contributed by atoms with Gasteiger partial charge in [0, 0.05) is 0 Å². The van der Waals surface area contributed by atoms with Crippen LogP contribution in [0.4, 0.5) is 8.78 Å². The summed E-state index contributed by atoms with van der Waals surface area (Å²) in [7, 11) is 0. The van der Waals surface area contributed by atoms with Crippen molar-refractivity contribution in [1.29, 1.82) is 0 Å². The Morgan fingerprint density at radius 3 is 2.64 bits per heavy atom. The number of alkyl halides is 2. The molecule has 0 aliphatic heterocycles. The lowest BCUT2D eigenvalue weighted by Crippen LogP contribution is -2.34. The average molecular weight is 208 g/mol. The molecule has 0 N–H and O–H groups in total. The lowest BCUT2D eigenvalue weighted by atomic mass is 10.3. The van der Waals surface area contributed by atoms with E-state index < -0.39 is 12.1 Å². The van der Waals surface area contributed by atoms with E-state index in [4.69, 9.17) is 0 Å². The highest BCUT2D eigenvalue weighted by molar-refractivity contribution is 5.75. The Labute approximate surface area is 81.4 Å². The summed E-state index contributed by atoms with van der Waals surface area (Å²) in [5, 5.41) is 0. The number of rotatable bonds is 6. The van der Waals surface area contributed by atoms with Crippen LogP contribution in [0, 0.1) is 5.92 Å². The summed E-state index contributed by atoms with van der Waals surface area (Å²) < 4.78 is 33.9. The van der Waals surface area contributed by atoms with E-state index in [1.807, 2.05) is 0 Å². The van der Waals surface area contributed by atoms with Gasteiger partial charge >= 0.3 is 12.1 Å². The van der Waals surface area contributed by atoms with Gasteiger partial charge in [-0.15, -0.1) is 0 Å². The highest BCUT2D eigenvalue weighted by Crippen LogP contribution is 2.32. The molecule has 82 valence electrons. The van der Waals surface area contributed by atoms with Gasteiger partial charge in [0.1, 0.15) is 0 Å². The van der Waals surface area contributed by atoms with E-state index in [-0.39, 0.29) is 13.2 Å². The Kier molecular flexibility index (Phi) is 3.80. The summed E-state index contributed by atoms with van der Waals surface area (Å²) in [6, 6.07) is 0. The Bertz CT molecular complexity index is 202. The molecule has 14 heavy (non-hydrogen) atoms. The van der Waals surface area contributed by atoms with Gasteiger partial charge in [0.05, 0.1) is 13.2 Å². The van der Waals surface area contributed by atoms with Crippen molar-refractivity contribution in [2.45, 2.75) is 32.3 Å². The maximum absolute atomic E-state index is 12.8. The quantitative estimate of drug-likeness (QED) is 0.626. The fraction of sp³-hybridized carbons (Fsp3) is 0.889. The highest BCUT2D eigenvalue weighted by atomic mass is 19.3. The van der Waals surface area contributed by atoms with Gasteiger partial charge in [-0.2, -0.15) is 8.78 Å². The van der Waals surface area contributed by atoms with Crippen molar-refractivity contribution in [1.82, 2.24) is 0 Å². The van der Waals surface area contributed by atoms with Crippen LogP contribution in [0.1, 0.15) is 26.2 Å². The molecule has 0 heterocycles. The van der Waals surface area contributed by atoms with Gasteiger partial charge in [-0.05, 0) is 19.3 Å². The van der Waals surface area contributed by atoms with Gasteiger partial charge in [-0.3, -0.25) is 0 Å². The molecule has 0 spiro atoms. The molecule has 0 saturated heterocycles. The Morgan fingerprint density at radius 2 is 2.14 bits per heavy atom. The van der Waals surface area contributed by atoms with Crippen LogP contribution in [0.3, 0.4) is 0 Å². The Hall–Kier alpha value is -0.710. The second kappa shape index (κ2) is 4.68. The van der Waals surface area contributed by atoms with E-state index in [2.05, 4.69) is 9.47 Å². The minimum atomic E-state index is -3.79. The smallest absolute Gasteiger partial charge is 0.456 e. The molecule has 1 aliphatic rings. The molecule has 1 saturated carbocycles. The number of hydrogen-bond donors (Lipinski definition) is 0. The number of carbonyl (C=O) groups is 1.